The monoisotopic (exact) mass is 506 g/mol. The minimum atomic E-state index is -1.02. The molecule has 0 aliphatic carbocycles. The SMILES string of the molecule is CNC(=O)/C(=N/OC)c1ccc(F)cc1Oc1ncnc(Oc2ccc(Br)cc2C)c1F. The number of aromatic nitrogens is 2. The van der Waals surface area contributed by atoms with E-state index in [9.17, 15) is 9.18 Å². The van der Waals surface area contributed by atoms with Gasteiger partial charge in [-0.1, -0.05) is 21.1 Å². The highest BCUT2D eigenvalue weighted by atomic mass is 79.9. The molecule has 0 radical (unpaired) electrons. The zero-order chi connectivity index (χ0) is 23.3. The Balaban J connectivity index is 1.99. The molecule has 1 N–H and O–H groups in total. The normalized spacial score (nSPS) is 11.1. The number of nitrogens with one attached hydrogen (secondary N) is 1. The van der Waals surface area contributed by atoms with Gasteiger partial charge in [0.05, 0.1) is 5.56 Å². The zero-order valence-corrected chi connectivity index (χ0v) is 18.7. The van der Waals surface area contributed by atoms with Crippen molar-refractivity contribution in [3.05, 3.63) is 70.0 Å². The number of rotatable bonds is 7. The van der Waals surface area contributed by atoms with Crippen LogP contribution in [0.1, 0.15) is 11.1 Å². The maximum absolute atomic E-state index is 15.0. The summed E-state index contributed by atoms with van der Waals surface area (Å²) in [5.74, 6) is -3.10. The van der Waals surface area contributed by atoms with Crippen LogP contribution < -0.4 is 14.8 Å². The van der Waals surface area contributed by atoms with Gasteiger partial charge in [-0.15, -0.1) is 0 Å². The fourth-order valence-electron chi connectivity index (χ4n) is 2.62. The number of carbonyl (C=O) groups excluding carboxylic acids is 1. The van der Waals surface area contributed by atoms with Crippen LogP contribution in [0.5, 0.6) is 23.3 Å². The highest BCUT2D eigenvalue weighted by Crippen LogP contribution is 2.33. The highest BCUT2D eigenvalue weighted by Gasteiger charge is 2.22. The van der Waals surface area contributed by atoms with Gasteiger partial charge in [0.25, 0.3) is 17.7 Å². The molecule has 8 nitrogen and oxygen atoms in total. The molecule has 166 valence electrons. The second-order valence-electron chi connectivity index (χ2n) is 6.25. The number of amides is 1. The predicted molar refractivity (Wildman–Crippen MR) is 115 cm³/mol. The average molecular weight is 507 g/mol. The average Bonchev–Trinajstić information content (AvgIpc) is 2.76. The van der Waals surface area contributed by atoms with Crippen molar-refractivity contribution < 1.29 is 27.9 Å². The molecule has 0 unspecified atom stereocenters. The van der Waals surface area contributed by atoms with E-state index in [0.29, 0.717) is 5.75 Å². The van der Waals surface area contributed by atoms with E-state index < -0.39 is 29.3 Å². The van der Waals surface area contributed by atoms with Gasteiger partial charge in [-0.05, 0) is 42.8 Å². The Labute approximate surface area is 190 Å². The van der Waals surface area contributed by atoms with Crippen molar-refractivity contribution in [3.8, 4) is 23.3 Å². The van der Waals surface area contributed by atoms with Crippen LogP contribution in [0, 0.1) is 18.6 Å². The number of aryl methyl sites for hydroxylation is 1. The molecular weight excluding hydrogens is 490 g/mol. The molecule has 32 heavy (non-hydrogen) atoms. The Morgan fingerprint density at radius 1 is 1.06 bits per heavy atom. The van der Waals surface area contributed by atoms with E-state index in [4.69, 9.17) is 14.3 Å². The van der Waals surface area contributed by atoms with E-state index in [1.165, 1.54) is 20.2 Å². The Kier molecular flexibility index (Phi) is 7.31. The maximum Gasteiger partial charge on any atom is 0.273 e. The third-order valence-corrected chi connectivity index (χ3v) is 4.59. The lowest BCUT2D eigenvalue weighted by molar-refractivity contribution is -0.114. The Hall–Kier alpha value is -3.60. The molecular formula is C21H17BrF2N4O4. The van der Waals surface area contributed by atoms with Gasteiger partial charge in [-0.2, -0.15) is 14.4 Å². The molecule has 0 atom stereocenters. The van der Waals surface area contributed by atoms with Crippen molar-refractivity contribution in [1.29, 1.82) is 0 Å². The Morgan fingerprint density at radius 3 is 2.38 bits per heavy atom. The van der Waals surface area contributed by atoms with Gasteiger partial charge in [0, 0.05) is 17.6 Å². The van der Waals surface area contributed by atoms with Crippen LogP contribution in [-0.4, -0.2) is 35.7 Å². The summed E-state index contributed by atoms with van der Waals surface area (Å²) in [7, 11) is 2.63. The summed E-state index contributed by atoms with van der Waals surface area (Å²) in [6.45, 7) is 1.78. The fourth-order valence-corrected chi connectivity index (χ4v) is 3.09. The van der Waals surface area contributed by atoms with Gasteiger partial charge >= 0.3 is 0 Å². The number of hydrogen-bond acceptors (Lipinski definition) is 7. The third kappa shape index (κ3) is 5.17. The maximum atomic E-state index is 15.0. The van der Waals surface area contributed by atoms with Crippen molar-refractivity contribution in [1.82, 2.24) is 15.3 Å². The topological polar surface area (TPSA) is 94.9 Å². The number of oxime groups is 1. The van der Waals surface area contributed by atoms with Crippen molar-refractivity contribution in [3.63, 3.8) is 0 Å². The van der Waals surface area contributed by atoms with E-state index >= 15 is 4.39 Å². The summed E-state index contributed by atoms with van der Waals surface area (Å²) in [5.41, 5.74) is 0.580. The summed E-state index contributed by atoms with van der Waals surface area (Å²) >= 11 is 3.34. The zero-order valence-electron chi connectivity index (χ0n) is 17.1. The molecule has 0 bridgehead atoms. The fraction of sp³-hybridized carbons (Fsp3) is 0.143. The largest absolute Gasteiger partial charge is 0.436 e. The summed E-state index contributed by atoms with van der Waals surface area (Å²) < 4.78 is 40.9. The highest BCUT2D eigenvalue weighted by molar-refractivity contribution is 9.10. The molecule has 11 heteroatoms. The molecule has 0 aliphatic rings. The molecule has 1 aromatic heterocycles. The minimum Gasteiger partial charge on any atom is -0.436 e. The first kappa shape index (κ1) is 23.1. The lowest BCUT2D eigenvalue weighted by atomic mass is 10.1. The first-order chi connectivity index (χ1) is 15.3. The molecule has 0 saturated heterocycles. The van der Waals surface area contributed by atoms with Crippen molar-refractivity contribution in [2.24, 2.45) is 5.16 Å². The quantitative estimate of drug-likeness (QED) is 0.374. The standard InChI is InChI=1S/C21H17BrF2N4O4/c1-11-8-12(22)4-7-15(11)31-20-17(24)21(27-10-26-20)32-16-9-13(23)5-6-14(16)18(28-30-3)19(29)25-2/h4-10H,1-3H3,(H,25,29)/b28-18+. The van der Waals surface area contributed by atoms with Gasteiger partial charge < -0.3 is 19.6 Å². The smallest absolute Gasteiger partial charge is 0.273 e. The van der Waals surface area contributed by atoms with Gasteiger partial charge in [0.2, 0.25) is 5.82 Å². The minimum absolute atomic E-state index is 0.0526. The predicted octanol–water partition coefficient (Wildman–Crippen LogP) is 4.51. The molecule has 0 saturated carbocycles. The van der Waals surface area contributed by atoms with Crippen LogP contribution in [0.2, 0.25) is 0 Å². The van der Waals surface area contributed by atoms with Crippen LogP contribution in [0.15, 0.2) is 52.4 Å². The lowest BCUT2D eigenvalue weighted by Crippen LogP contribution is -2.29. The summed E-state index contributed by atoms with van der Waals surface area (Å²) in [5, 5.41) is 6.05. The van der Waals surface area contributed by atoms with Crippen LogP contribution >= 0.6 is 15.9 Å². The first-order valence-corrected chi connectivity index (χ1v) is 9.88. The number of benzene rings is 2. The van der Waals surface area contributed by atoms with E-state index in [2.05, 4.69) is 36.4 Å². The van der Waals surface area contributed by atoms with Gasteiger partial charge in [0.15, 0.2) is 5.71 Å². The van der Waals surface area contributed by atoms with Crippen LogP contribution in [0.3, 0.4) is 0 Å². The van der Waals surface area contributed by atoms with Gasteiger partial charge in [0.1, 0.15) is 30.8 Å². The van der Waals surface area contributed by atoms with Gasteiger partial charge in [-0.3, -0.25) is 4.79 Å². The number of carbonyl (C=O) groups is 1. The third-order valence-electron chi connectivity index (χ3n) is 4.10. The molecule has 0 spiro atoms. The molecule has 2 aromatic carbocycles. The van der Waals surface area contributed by atoms with E-state index in [1.807, 2.05) is 0 Å². The summed E-state index contributed by atoms with van der Waals surface area (Å²) in [6, 6.07) is 8.47. The van der Waals surface area contributed by atoms with Crippen LogP contribution in [-0.2, 0) is 9.63 Å². The Bertz CT molecular complexity index is 1190. The number of halogens is 3. The molecule has 0 aliphatic heterocycles. The van der Waals surface area contributed by atoms with E-state index in [1.54, 1.807) is 25.1 Å². The second-order valence-corrected chi connectivity index (χ2v) is 7.17. The number of likely N-dealkylation sites (N-methyl/N-ethyl adjacent to an activating group) is 1. The van der Waals surface area contributed by atoms with Gasteiger partial charge in [-0.25, -0.2) is 4.39 Å². The summed E-state index contributed by atoms with van der Waals surface area (Å²) in [6.07, 6.45) is 1.03. The van der Waals surface area contributed by atoms with E-state index in [0.717, 1.165) is 28.5 Å². The molecule has 3 rings (SSSR count). The molecule has 1 heterocycles. The second kappa shape index (κ2) is 10.1. The van der Waals surface area contributed by atoms with Crippen molar-refractivity contribution in [2.75, 3.05) is 14.2 Å². The molecule has 1 amide bonds. The number of ether oxygens (including phenoxy) is 2. The molecule has 0 fully saturated rings. The number of nitrogens with zero attached hydrogens (tertiary/aromatic N) is 3. The summed E-state index contributed by atoms with van der Waals surface area (Å²) in [4.78, 5) is 24.4. The first-order valence-electron chi connectivity index (χ1n) is 9.09. The van der Waals surface area contributed by atoms with Crippen LogP contribution in [0.25, 0.3) is 0 Å². The van der Waals surface area contributed by atoms with Crippen LogP contribution in [0.4, 0.5) is 8.78 Å². The Morgan fingerprint density at radius 2 is 1.75 bits per heavy atom. The van der Waals surface area contributed by atoms with E-state index in [-0.39, 0.29) is 17.0 Å². The van der Waals surface area contributed by atoms with Crippen molar-refractivity contribution >= 4 is 27.5 Å². The lowest BCUT2D eigenvalue weighted by Gasteiger charge is -2.13. The number of hydrogen-bond donors (Lipinski definition) is 1. The molecule has 3 aromatic rings. The van der Waals surface area contributed by atoms with Crippen molar-refractivity contribution in [2.45, 2.75) is 6.92 Å².